The molecular weight excluding hydrogens is 488 g/mol. The lowest BCUT2D eigenvalue weighted by molar-refractivity contribution is -0.136. The Bertz CT molecular complexity index is 1250. The first-order valence-corrected chi connectivity index (χ1v) is 13.0. The number of rotatable bonds is 11. The molecule has 0 saturated carbocycles. The van der Waals surface area contributed by atoms with Crippen molar-refractivity contribution in [2.45, 2.75) is 37.2 Å². The van der Waals surface area contributed by atoms with E-state index in [0.717, 1.165) is 5.56 Å². The number of benzene rings is 3. The molecule has 2 N–H and O–H groups in total. The second-order valence-corrected chi connectivity index (χ2v) is 10.3. The molecule has 0 heterocycles. The van der Waals surface area contributed by atoms with E-state index in [4.69, 9.17) is 16.7 Å². The topological polar surface area (TPSA) is 104 Å². The van der Waals surface area contributed by atoms with E-state index in [1.165, 1.54) is 4.31 Å². The van der Waals surface area contributed by atoms with Crippen LogP contribution in [0, 0.1) is 0 Å². The van der Waals surface area contributed by atoms with E-state index >= 15 is 0 Å². The van der Waals surface area contributed by atoms with Crippen molar-refractivity contribution in [3.63, 3.8) is 0 Å². The van der Waals surface area contributed by atoms with E-state index in [2.05, 4.69) is 5.32 Å². The summed E-state index contributed by atoms with van der Waals surface area (Å²) in [5.74, 6) is -1.38. The molecule has 0 aromatic heterocycles. The Morgan fingerprint density at radius 2 is 1.60 bits per heavy atom. The van der Waals surface area contributed by atoms with E-state index in [0.29, 0.717) is 22.6 Å². The molecule has 3 aromatic carbocycles. The number of nitrogens with zero attached hydrogens (tertiary/aromatic N) is 1. The monoisotopic (exact) mass is 514 g/mol. The molecule has 0 aliphatic rings. The summed E-state index contributed by atoms with van der Waals surface area (Å²) in [5.41, 5.74) is 1.89. The van der Waals surface area contributed by atoms with E-state index in [1.54, 1.807) is 66.7 Å². The number of amides is 1. The number of carbonyl (C=O) groups excluding carboxylic acids is 1. The van der Waals surface area contributed by atoms with Gasteiger partial charge < -0.3 is 10.4 Å². The maximum Gasteiger partial charge on any atom is 0.305 e. The highest BCUT2D eigenvalue weighted by Crippen LogP contribution is 2.32. The van der Waals surface area contributed by atoms with Crippen LogP contribution in [0.25, 0.3) is 0 Å². The molecule has 1 atom stereocenters. The molecule has 35 heavy (non-hydrogen) atoms. The predicted octanol–water partition coefficient (Wildman–Crippen LogP) is 4.89. The van der Waals surface area contributed by atoms with Gasteiger partial charge in [0.05, 0.1) is 17.4 Å². The van der Waals surface area contributed by atoms with Gasteiger partial charge in [-0.2, -0.15) is 4.31 Å². The van der Waals surface area contributed by atoms with Crippen molar-refractivity contribution >= 4 is 33.5 Å². The number of carboxylic acids is 1. The fourth-order valence-electron chi connectivity index (χ4n) is 3.71. The van der Waals surface area contributed by atoms with Crippen molar-refractivity contribution < 1.29 is 23.1 Å². The maximum atomic E-state index is 13.7. The maximum absolute atomic E-state index is 13.7. The zero-order valence-electron chi connectivity index (χ0n) is 19.2. The zero-order chi connectivity index (χ0) is 25.4. The minimum atomic E-state index is -3.85. The van der Waals surface area contributed by atoms with Crippen LogP contribution in [0.1, 0.15) is 47.3 Å². The Kier molecular flexibility index (Phi) is 9.03. The molecule has 3 rings (SSSR count). The van der Waals surface area contributed by atoms with Crippen molar-refractivity contribution in [1.82, 2.24) is 9.62 Å². The second kappa shape index (κ2) is 12.0. The van der Waals surface area contributed by atoms with Crippen LogP contribution in [-0.4, -0.2) is 36.3 Å². The molecule has 9 heteroatoms. The molecule has 3 aromatic rings. The van der Waals surface area contributed by atoms with Crippen LogP contribution in [0.2, 0.25) is 5.02 Å². The van der Waals surface area contributed by atoms with Crippen LogP contribution in [0.5, 0.6) is 0 Å². The summed E-state index contributed by atoms with van der Waals surface area (Å²) in [6, 6.07) is 21.6. The number of carbonyl (C=O) groups is 2. The molecule has 0 fully saturated rings. The van der Waals surface area contributed by atoms with Gasteiger partial charge in [0.25, 0.3) is 5.91 Å². The molecule has 7 nitrogen and oxygen atoms in total. The van der Waals surface area contributed by atoms with Gasteiger partial charge >= 0.3 is 5.97 Å². The van der Waals surface area contributed by atoms with Crippen molar-refractivity contribution in [1.29, 1.82) is 0 Å². The van der Waals surface area contributed by atoms with E-state index < -0.39 is 22.0 Å². The first kappa shape index (κ1) is 26.4. The lowest BCUT2D eigenvalue weighted by Crippen LogP contribution is -2.34. The van der Waals surface area contributed by atoms with Gasteiger partial charge in [0, 0.05) is 23.7 Å². The molecule has 0 aliphatic carbocycles. The molecule has 1 unspecified atom stereocenters. The Balaban J connectivity index is 1.90. The van der Waals surface area contributed by atoms with Crippen LogP contribution in [-0.2, 0) is 21.4 Å². The smallest absolute Gasteiger partial charge is 0.305 e. The first-order valence-electron chi connectivity index (χ1n) is 11.1. The molecule has 0 saturated heterocycles. The SMILES string of the molecule is CCC(c1ccc(Cl)cc1)N(Cc1ccc(C(=O)NCCC(=O)O)cc1)S(=O)(=O)c1ccccc1. The molecular formula is C26H27ClN2O5S. The summed E-state index contributed by atoms with van der Waals surface area (Å²) in [4.78, 5) is 23.1. The van der Waals surface area contributed by atoms with Gasteiger partial charge in [-0.1, -0.05) is 61.0 Å². The Labute approximate surface area is 210 Å². The van der Waals surface area contributed by atoms with Gasteiger partial charge in [-0.05, 0) is 53.9 Å². The van der Waals surface area contributed by atoms with Gasteiger partial charge in [-0.25, -0.2) is 8.42 Å². The standard InChI is InChI=1S/C26H27ClN2O5S/c1-2-24(20-12-14-22(27)15-13-20)29(35(33,34)23-6-4-3-5-7-23)18-19-8-10-21(11-9-19)26(32)28-17-16-25(30)31/h3-15,24H,2,16-18H2,1H3,(H,28,32)(H,30,31). The van der Waals surface area contributed by atoms with E-state index in [9.17, 15) is 18.0 Å². The van der Waals surface area contributed by atoms with Crippen molar-refractivity contribution in [3.05, 3.63) is 101 Å². The largest absolute Gasteiger partial charge is 0.481 e. The number of nitrogens with one attached hydrogen (secondary N) is 1. The van der Waals surface area contributed by atoms with Gasteiger partial charge in [-0.3, -0.25) is 9.59 Å². The highest BCUT2D eigenvalue weighted by Gasteiger charge is 2.31. The van der Waals surface area contributed by atoms with Crippen LogP contribution in [0.15, 0.2) is 83.8 Å². The third kappa shape index (κ3) is 6.91. The quantitative estimate of drug-likeness (QED) is 0.379. The summed E-state index contributed by atoms with van der Waals surface area (Å²) in [6.07, 6.45) is 0.372. The Morgan fingerprint density at radius 1 is 0.971 bits per heavy atom. The van der Waals surface area contributed by atoms with Crippen molar-refractivity contribution in [3.8, 4) is 0 Å². The van der Waals surface area contributed by atoms with Gasteiger partial charge in [-0.15, -0.1) is 0 Å². The number of sulfonamides is 1. The normalized spacial score (nSPS) is 12.3. The van der Waals surface area contributed by atoms with Crippen LogP contribution in [0.3, 0.4) is 0 Å². The minimum absolute atomic E-state index is 0.0261. The average Bonchev–Trinajstić information content (AvgIpc) is 2.85. The lowest BCUT2D eigenvalue weighted by Gasteiger charge is -2.31. The predicted molar refractivity (Wildman–Crippen MR) is 135 cm³/mol. The molecule has 0 bridgehead atoms. The summed E-state index contributed by atoms with van der Waals surface area (Å²) >= 11 is 6.05. The number of halogens is 1. The van der Waals surface area contributed by atoms with Crippen LogP contribution in [0.4, 0.5) is 0 Å². The molecule has 184 valence electrons. The minimum Gasteiger partial charge on any atom is -0.481 e. The van der Waals surface area contributed by atoms with Crippen molar-refractivity contribution in [2.24, 2.45) is 0 Å². The summed E-state index contributed by atoms with van der Waals surface area (Å²) in [5, 5.41) is 11.8. The molecule has 1 amide bonds. The summed E-state index contributed by atoms with van der Waals surface area (Å²) < 4.78 is 28.9. The van der Waals surface area contributed by atoms with E-state index in [1.807, 2.05) is 19.1 Å². The fraction of sp³-hybridized carbons (Fsp3) is 0.231. The van der Waals surface area contributed by atoms with Gasteiger partial charge in [0.2, 0.25) is 10.0 Å². The number of carboxylic acid groups (broad SMARTS) is 1. The zero-order valence-corrected chi connectivity index (χ0v) is 20.8. The van der Waals surface area contributed by atoms with Gasteiger partial charge in [0.15, 0.2) is 0 Å². The molecule has 0 aliphatic heterocycles. The fourth-order valence-corrected chi connectivity index (χ4v) is 5.53. The Hall–Kier alpha value is -3.20. The first-order chi connectivity index (χ1) is 16.7. The number of hydrogen-bond acceptors (Lipinski definition) is 4. The number of hydrogen-bond donors (Lipinski definition) is 2. The Morgan fingerprint density at radius 3 is 2.17 bits per heavy atom. The van der Waals surface area contributed by atoms with Crippen LogP contribution < -0.4 is 5.32 Å². The summed E-state index contributed by atoms with van der Waals surface area (Å²) in [6.45, 7) is 2.05. The van der Waals surface area contributed by atoms with Crippen molar-refractivity contribution in [2.75, 3.05) is 6.54 Å². The highest BCUT2D eigenvalue weighted by atomic mass is 35.5. The summed E-state index contributed by atoms with van der Waals surface area (Å²) in [7, 11) is -3.85. The highest BCUT2D eigenvalue weighted by molar-refractivity contribution is 7.89. The third-order valence-electron chi connectivity index (χ3n) is 5.52. The molecule has 0 spiro atoms. The number of aliphatic carboxylic acids is 1. The second-order valence-electron chi connectivity index (χ2n) is 7.94. The third-order valence-corrected chi connectivity index (χ3v) is 7.64. The molecule has 0 radical (unpaired) electrons. The van der Waals surface area contributed by atoms with Gasteiger partial charge in [0.1, 0.15) is 0 Å². The average molecular weight is 515 g/mol. The van der Waals surface area contributed by atoms with Crippen LogP contribution >= 0.6 is 11.6 Å². The lowest BCUT2D eigenvalue weighted by atomic mass is 10.0. The van der Waals surface area contributed by atoms with E-state index in [-0.39, 0.29) is 30.3 Å².